The van der Waals surface area contributed by atoms with Crippen LogP contribution in [0, 0.1) is 0 Å². The zero-order chi connectivity index (χ0) is 17.9. The van der Waals surface area contributed by atoms with Crippen molar-refractivity contribution in [2.45, 2.75) is 19.9 Å². The van der Waals surface area contributed by atoms with Crippen molar-refractivity contribution in [1.82, 2.24) is 24.7 Å². The molecule has 0 bridgehead atoms. The van der Waals surface area contributed by atoms with Gasteiger partial charge in [0.25, 0.3) is 0 Å². The summed E-state index contributed by atoms with van der Waals surface area (Å²) < 4.78 is 1.90. The monoisotopic (exact) mass is 362 g/mol. The Balaban J connectivity index is 1.60. The summed E-state index contributed by atoms with van der Waals surface area (Å²) in [6, 6.07) is 14.2. The predicted octanol–water partition coefficient (Wildman–Crippen LogP) is 4.79. The van der Waals surface area contributed by atoms with E-state index in [1.807, 2.05) is 40.4 Å². The summed E-state index contributed by atoms with van der Waals surface area (Å²) in [5.41, 5.74) is 2.74. The molecule has 1 aromatic carbocycles. The fourth-order valence-electron chi connectivity index (χ4n) is 2.61. The van der Waals surface area contributed by atoms with Gasteiger partial charge in [-0.2, -0.15) is 5.10 Å². The standard InChI is InChI=1S/C19H18N6S/c1-13(2)25-17(9-11-21-25)24-19-20-10-8-15(23-19)16-12-26-18(22-16)14-6-4-3-5-7-14/h3-13H,1-2H3,(H,20,23,24). The molecule has 3 aromatic heterocycles. The molecule has 0 spiro atoms. The van der Waals surface area contributed by atoms with E-state index in [1.165, 1.54) is 0 Å². The molecular formula is C19H18N6S. The fraction of sp³-hybridized carbons (Fsp3) is 0.158. The molecule has 0 saturated carbocycles. The average molecular weight is 362 g/mol. The Morgan fingerprint density at radius 3 is 2.62 bits per heavy atom. The van der Waals surface area contributed by atoms with Crippen molar-refractivity contribution in [3.8, 4) is 22.0 Å². The van der Waals surface area contributed by atoms with E-state index >= 15 is 0 Å². The number of thiazole rings is 1. The predicted molar refractivity (Wildman–Crippen MR) is 104 cm³/mol. The number of nitrogens with zero attached hydrogens (tertiary/aromatic N) is 5. The molecule has 6 nitrogen and oxygen atoms in total. The Kier molecular flexibility index (Phi) is 4.45. The molecular weight excluding hydrogens is 344 g/mol. The first-order valence-electron chi connectivity index (χ1n) is 8.35. The maximum atomic E-state index is 4.72. The summed E-state index contributed by atoms with van der Waals surface area (Å²) in [5.74, 6) is 1.39. The van der Waals surface area contributed by atoms with Gasteiger partial charge in [0.05, 0.1) is 11.9 Å². The smallest absolute Gasteiger partial charge is 0.228 e. The van der Waals surface area contributed by atoms with Crippen molar-refractivity contribution < 1.29 is 0 Å². The van der Waals surface area contributed by atoms with E-state index in [0.717, 1.165) is 27.8 Å². The maximum Gasteiger partial charge on any atom is 0.228 e. The number of hydrogen-bond donors (Lipinski definition) is 1. The van der Waals surface area contributed by atoms with Crippen LogP contribution in [0.15, 0.2) is 60.2 Å². The van der Waals surface area contributed by atoms with Crippen molar-refractivity contribution in [2.75, 3.05) is 5.32 Å². The summed E-state index contributed by atoms with van der Waals surface area (Å²) in [4.78, 5) is 13.6. The molecule has 0 amide bonds. The van der Waals surface area contributed by atoms with Crippen LogP contribution in [0.25, 0.3) is 22.0 Å². The number of anilines is 2. The lowest BCUT2D eigenvalue weighted by molar-refractivity contribution is 0.539. The van der Waals surface area contributed by atoms with Gasteiger partial charge in [0.2, 0.25) is 5.95 Å². The van der Waals surface area contributed by atoms with Gasteiger partial charge >= 0.3 is 0 Å². The third-order valence-corrected chi connectivity index (χ3v) is 4.73. The SMILES string of the molecule is CC(C)n1nccc1Nc1nccc(-c2csc(-c3ccccc3)n2)n1. The minimum Gasteiger partial charge on any atom is -0.309 e. The first kappa shape index (κ1) is 16.4. The van der Waals surface area contributed by atoms with Crippen LogP contribution in [0.1, 0.15) is 19.9 Å². The molecule has 26 heavy (non-hydrogen) atoms. The van der Waals surface area contributed by atoms with E-state index in [-0.39, 0.29) is 6.04 Å². The summed E-state index contributed by atoms with van der Waals surface area (Å²) >= 11 is 1.61. The summed E-state index contributed by atoms with van der Waals surface area (Å²) in [7, 11) is 0. The Labute approximate surface area is 155 Å². The highest BCUT2D eigenvalue weighted by atomic mass is 32.1. The highest BCUT2D eigenvalue weighted by Crippen LogP contribution is 2.28. The molecule has 0 aliphatic rings. The molecule has 0 aliphatic heterocycles. The second kappa shape index (κ2) is 7.05. The van der Waals surface area contributed by atoms with Crippen LogP contribution in [0.5, 0.6) is 0 Å². The summed E-state index contributed by atoms with van der Waals surface area (Å²) in [5, 5.41) is 10.6. The molecule has 0 radical (unpaired) electrons. The molecule has 0 aliphatic carbocycles. The van der Waals surface area contributed by atoms with E-state index in [0.29, 0.717) is 5.95 Å². The number of aromatic nitrogens is 5. The molecule has 0 fully saturated rings. The van der Waals surface area contributed by atoms with Gasteiger partial charge in [0.1, 0.15) is 16.5 Å². The highest BCUT2D eigenvalue weighted by Gasteiger charge is 2.11. The van der Waals surface area contributed by atoms with Crippen molar-refractivity contribution in [1.29, 1.82) is 0 Å². The van der Waals surface area contributed by atoms with E-state index in [9.17, 15) is 0 Å². The van der Waals surface area contributed by atoms with Gasteiger partial charge in [-0.3, -0.25) is 0 Å². The normalized spacial score (nSPS) is 11.0. The van der Waals surface area contributed by atoms with Crippen molar-refractivity contribution in [3.05, 3.63) is 60.2 Å². The first-order valence-corrected chi connectivity index (χ1v) is 9.23. The Morgan fingerprint density at radius 1 is 0.962 bits per heavy atom. The van der Waals surface area contributed by atoms with Crippen LogP contribution in [0.2, 0.25) is 0 Å². The molecule has 0 unspecified atom stereocenters. The molecule has 1 N–H and O–H groups in total. The third-order valence-electron chi connectivity index (χ3n) is 3.84. The molecule has 130 valence electrons. The van der Waals surface area contributed by atoms with Gasteiger partial charge in [-0.1, -0.05) is 30.3 Å². The minimum atomic E-state index is 0.252. The lowest BCUT2D eigenvalue weighted by Crippen LogP contribution is -2.08. The van der Waals surface area contributed by atoms with Crippen LogP contribution in [0.4, 0.5) is 11.8 Å². The molecule has 3 heterocycles. The number of benzene rings is 1. The Morgan fingerprint density at radius 2 is 1.81 bits per heavy atom. The molecule has 0 atom stereocenters. The van der Waals surface area contributed by atoms with E-state index in [1.54, 1.807) is 23.7 Å². The van der Waals surface area contributed by atoms with Gasteiger partial charge in [-0.15, -0.1) is 11.3 Å². The minimum absolute atomic E-state index is 0.252. The lowest BCUT2D eigenvalue weighted by Gasteiger charge is -2.11. The van der Waals surface area contributed by atoms with E-state index in [4.69, 9.17) is 4.98 Å². The highest BCUT2D eigenvalue weighted by molar-refractivity contribution is 7.13. The number of hydrogen-bond acceptors (Lipinski definition) is 6. The molecule has 0 saturated heterocycles. The summed E-state index contributed by atoms with van der Waals surface area (Å²) in [6.45, 7) is 4.16. The van der Waals surface area contributed by atoms with E-state index < -0.39 is 0 Å². The second-order valence-electron chi connectivity index (χ2n) is 6.05. The number of nitrogens with one attached hydrogen (secondary N) is 1. The topological polar surface area (TPSA) is 68.5 Å². The first-order chi connectivity index (χ1) is 12.7. The van der Waals surface area contributed by atoms with Crippen LogP contribution >= 0.6 is 11.3 Å². The summed E-state index contributed by atoms with van der Waals surface area (Å²) in [6.07, 6.45) is 3.50. The van der Waals surface area contributed by atoms with Gasteiger partial charge in [-0.05, 0) is 19.9 Å². The van der Waals surface area contributed by atoms with E-state index in [2.05, 4.69) is 46.4 Å². The second-order valence-corrected chi connectivity index (χ2v) is 6.91. The van der Waals surface area contributed by atoms with Crippen molar-refractivity contribution >= 4 is 23.1 Å². The van der Waals surface area contributed by atoms with Crippen molar-refractivity contribution in [3.63, 3.8) is 0 Å². The van der Waals surface area contributed by atoms with Crippen LogP contribution in [-0.2, 0) is 0 Å². The van der Waals surface area contributed by atoms with Gasteiger partial charge in [0, 0.05) is 29.2 Å². The lowest BCUT2D eigenvalue weighted by atomic mass is 10.2. The zero-order valence-corrected chi connectivity index (χ0v) is 15.3. The third kappa shape index (κ3) is 3.34. The van der Waals surface area contributed by atoms with Gasteiger partial charge in [0.15, 0.2) is 0 Å². The van der Waals surface area contributed by atoms with Crippen LogP contribution < -0.4 is 5.32 Å². The Hall–Kier alpha value is -3.06. The Bertz CT molecular complexity index is 1010. The average Bonchev–Trinajstić information content (AvgIpc) is 3.32. The van der Waals surface area contributed by atoms with Gasteiger partial charge < -0.3 is 5.32 Å². The van der Waals surface area contributed by atoms with Crippen LogP contribution in [-0.4, -0.2) is 24.7 Å². The quantitative estimate of drug-likeness (QED) is 0.553. The molecule has 7 heteroatoms. The number of rotatable bonds is 5. The van der Waals surface area contributed by atoms with Gasteiger partial charge in [-0.25, -0.2) is 19.6 Å². The molecule has 4 rings (SSSR count). The zero-order valence-electron chi connectivity index (χ0n) is 14.5. The largest absolute Gasteiger partial charge is 0.309 e. The molecule has 4 aromatic rings. The fourth-order valence-corrected chi connectivity index (χ4v) is 3.43. The maximum absolute atomic E-state index is 4.72. The van der Waals surface area contributed by atoms with Crippen LogP contribution in [0.3, 0.4) is 0 Å². The van der Waals surface area contributed by atoms with Crippen molar-refractivity contribution in [2.24, 2.45) is 0 Å².